The Balaban J connectivity index is 2.27. The molecule has 2 rings (SSSR count). The number of Topliss-reactive ketones (excluding diaryl/α,β-unsaturated/α-hetero) is 1. The molecule has 0 atom stereocenters. The van der Waals surface area contributed by atoms with Gasteiger partial charge in [0.2, 0.25) is 0 Å². The van der Waals surface area contributed by atoms with Crippen LogP contribution in [0.5, 0.6) is 5.75 Å². The number of thiophene rings is 1. The monoisotopic (exact) mass is 318 g/mol. The third kappa shape index (κ3) is 3.08. The number of carbonyl (C=O) groups is 1. The number of rotatable bonds is 4. The fraction of sp³-hybridized carbons (Fsp3) is 0.154. The molecule has 0 aliphatic carbocycles. The van der Waals surface area contributed by atoms with Crippen LogP contribution in [0.2, 0.25) is 8.67 Å². The number of hydrogen-bond acceptors (Lipinski definition) is 3. The molecule has 0 spiro atoms. The van der Waals surface area contributed by atoms with Gasteiger partial charge in [0.25, 0.3) is 0 Å². The summed E-state index contributed by atoms with van der Waals surface area (Å²) in [5.74, 6) is -0.698. The highest BCUT2D eigenvalue weighted by molar-refractivity contribution is 7.20. The molecule has 19 heavy (non-hydrogen) atoms. The van der Waals surface area contributed by atoms with E-state index in [0.717, 1.165) is 11.3 Å². The minimum absolute atomic E-state index is 0.0875. The van der Waals surface area contributed by atoms with E-state index in [1.807, 2.05) is 0 Å². The van der Waals surface area contributed by atoms with Gasteiger partial charge in [0.1, 0.15) is 4.34 Å². The Morgan fingerprint density at radius 3 is 2.74 bits per heavy atom. The van der Waals surface area contributed by atoms with Crippen molar-refractivity contribution in [2.45, 2.75) is 6.42 Å². The second-order valence-electron chi connectivity index (χ2n) is 3.77. The molecule has 2 nitrogen and oxygen atoms in total. The summed E-state index contributed by atoms with van der Waals surface area (Å²) in [5, 5.41) is 0. The van der Waals surface area contributed by atoms with E-state index in [4.69, 9.17) is 27.9 Å². The van der Waals surface area contributed by atoms with Gasteiger partial charge < -0.3 is 4.74 Å². The second-order valence-corrected chi connectivity index (χ2v) is 6.06. The minimum Gasteiger partial charge on any atom is -0.494 e. The highest BCUT2D eigenvalue weighted by Crippen LogP contribution is 2.32. The van der Waals surface area contributed by atoms with Gasteiger partial charge in [-0.2, -0.15) is 0 Å². The molecule has 1 aromatic heterocycles. The van der Waals surface area contributed by atoms with Crippen LogP contribution >= 0.6 is 34.5 Å². The van der Waals surface area contributed by atoms with Crippen LogP contribution in [0.25, 0.3) is 0 Å². The second kappa shape index (κ2) is 5.90. The molecule has 0 aliphatic rings. The van der Waals surface area contributed by atoms with Crippen molar-refractivity contribution in [1.29, 1.82) is 0 Å². The lowest BCUT2D eigenvalue weighted by Gasteiger charge is -2.06. The van der Waals surface area contributed by atoms with Crippen LogP contribution in [-0.4, -0.2) is 12.9 Å². The maximum absolute atomic E-state index is 13.9. The van der Waals surface area contributed by atoms with Crippen molar-refractivity contribution in [3.63, 3.8) is 0 Å². The molecule has 0 N–H and O–H groups in total. The summed E-state index contributed by atoms with van der Waals surface area (Å²) in [5.41, 5.74) is 0.585. The molecule has 0 aliphatic heterocycles. The number of hydrogen-bond donors (Lipinski definition) is 0. The molecule has 0 bridgehead atoms. The SMILES string of the molecule is COc1cccc(CC(=O)c2cc(Cl)sc2Cl)c1F. The molecule has 0 unspecified atom stereocenters. The molecular formula is C13H9Cl2FO2S. The quantitative estimate of drug-likeness (QED) is 0.768. The zero-order chi connectivity index (χ0) is 14.0. The first-order chi connectivity index (χ1) is 9.02. The average molecular weight is 319 g/mol. The number of ketones is 1. The largest absolute Gasteiger partial charge is 0.494 e. The number of halogens is 3. The smallest absolute Gasteiger partial charge is 0.169 e. The van der Waals surface area contributed by atoms with Gasteiger partial charge in [0.15, 0.2) is 17.3 Å². The van der Waals surface area contributed by atoms with E-state index in [9.17, 15) is 9.18 Å². The van der Waals surface area contributed by atoms with Crippen LogP contribution in [0.4, 0.5) is 4.39 Å². The third-order valence-electron chi connectivity index (χ3n) is 2.57. The van der Waals surface area contributed by atoms with Crippen LogP contribution < -0.4 is 4.74 Å². The van der Waals surface area contributed by atoms with Crippen LogP contribution in [0.3, 0.4) is 0 Å². The highest BCUT2D eigenvalue weighted by atomic mass is 35.5. The Morgan fingerprint density at radius 2 is 2.16 bits per heavy atom. The summed E-state index contributed by atoms with van der Waals surface area (Å²) in [6.07, 6.45) is -0.0875. The zero-order valence-corrected chi connectivity index (χ0v) is 12.2. The van der Waals surface area contributed by atoms with Gasteiger partial charge in [-0.15, -0.1) is 11.3 Å². The summed E-state index contributed by atoms with van der Waals surface area (Å²) in [7, 11) is 1.37. The zero-order valence-electron chi connectivity index (χ0n) is 9.88. The normalized spacial score (nSPS) is 10.5. The van der Waals surface area contributed by atoms with Crippen molar-refractivity contribution < 1.29 is 13.9 Å². The van der Waals surface area contributed by atoms with Crippen molar-refractivity contribution >= 4 is 40.3 Å². The van der Waals surface area contributed by atoms with E-state index in [2.05, 4.69) is 0 Å². The van der Waals surface area contributed by atoms with Crippen LogP contribution in [0, 0.1) is 5.82 Å². The fourth-order valence-corrected chi connectivity index (χ4v) is 3.15. The fourth-order valence-electron chi connectivity index (χ4n) is 1.65. The first kappa shape index (κ1) is 14.3. The molecular weight excluding hydrogens is 310 g/mol. The summed E-state index contributed by atoms with van der Waals surface area (Å²) < 4.78 is 19.5. The molecule has 0 saturated heterocycles. The molecule has 1 heterocycles. The molecule has 0 radical (unpaired) electrons. The van der Waals surface area contributed by atoms with Crippen molar-refractivity contribution in [3.05, 3.63) is 49.9 Å². The summed E-state index contributed by atoms with van der Waals surface area (Å²) >= 11 is 12.8. The van der Waals surface area contributed by atoms with Gasteiger partial charge in [0, 0.05) is 12.0 Å². The van der Waals surface area contributed by atoms with Gasteiger partial charge in [-0.05, 0) is 17.7 Å². The predicted molar refractivity (Wildman–Crippen MR) is 75.3 cm³/mol. The summed E-state index contributed by atoms with van der Waals surface area (Å²) in [6, 6.07) is 6.16. The standard InChI is InChI=1S/C13H9Cl2FO2S/c1-18-10-4-2-3-7(12(10)16)5-9(17)8-6-11(14)19-13(8)15/h2-4,6H,5H2,1H3. The average Bonchev–Trinajstić information content (AvgIpc) is 2.71. The molecule has 6 heteroatoms. The first-order valence-corrected chi connectivity index (χ1v) is 6.89. The van der Waals surface area contributed by atoms with Crippen LogP contribution in [0.1, 0.15) is 15.9 Å². The van der Waals surface area contributed by atoms with E-state index < -0.39 is 5.82 Å². The van der Waals surface area contributed by atoms with E-state index >= 15 is 0 Å². The van der Waals surface area contributed by atoms with Gasteiger partial charge in [-0.3, -0.25) is 4.79 Å². The van der Waals surface area contributed by atoms with Crippen molar-refractivity contribution in [3.8, 4) is 5.75 Å². The lowest BCUT2D eigenvalue weighted by atomic mass is 10.0. The Hall–Kier alpha value is -1.10. The van der Waals surface area contributed by atoms with Gasteiger partial charge in [-0.1, -0.05) is 35.3 Å². The summed E-state index contributed by atoms with van der Waals surface area (Å²) in [6.45, 7) is 0. The Bertz CT molecular complexity index is 625. The molecule has 0 saturated carbocycles. The van der Waals surface area contributed by atoms with E-state index in [1.165, 1.54) is 25.3 Å². The molecule has 0 fully saturated rings. The van der Waals surface area contributed by atoms with Gasteiger partial charge >= 0.3 is 0 Å². The van der Waals surface area contributed by atoms with E-state index in [1.54, 1.807) is 6.07 Å². The topological polar surface area (TPSA) is 26.3 Å². The van der Waals surface area contributed by atoms with Crippen molar-refractivity contribution in [2.24, 2.45) is 0 Å². The lowest BCUT2D eigenvalue weighted by molar-refractivity contribution is 0.0992. The summed E-state index contributed by atoms with van der Waals surface area (Å²) in [4.78, 5) is 12.1. The maximum Gasteiger partial charge on any atom is 0.169 e. The first-order valence-electron chi connectivity index (χ1n) is 5.32. The van der Waals surface area contributed by atoms with Gasteiger partial charge in [0.05, 0.1) is 11.4 Å². The maximum atomic E-state index is 13.9. The third-order valence-corrected chi connectivity index (χ3v) is 4.06. The van der Waals surface area contributed by atoms with E-state index in [0.29, 0.717) is 14.2 Å². The minimum atomic E-state index is -0.532. The molecule has 1 aromatic carbocycles. The molecule has 0 amide bonds. The van der Waals surface area contributed by atoms with Crippen LogP contribution in [0.15, 0.2) is 24.3 Å². The van der Waals surface area contributed by atoms with E-state index in [-0.39, 0.29) is 23.5 Å². The Kier molecular flexibility index (Phi) is 4.45. The van der Waals surface area contributed by atoms with Crippen LogP contribution in [-0.2, 0) is 6.42 Å². The number of carbonyl (C=O) groups excluding carboxylic acids is 1. The predicted octanol–water partition coefficient (Wildman–Crippen LogP) is 4.63. The molecule has 2 aromatic rings. The van der Waals surface area contributed by atoms with Crippen molar-refractivity contribution in [2.75, 3.05) is 7.11 Å². The van der Waals surface area contributed by atoms with Gasteiger partial charge in [-0.25, -0.2) is 4.39 Å². The number of ether oxygens (including phenoxy) is 1. The number of methoxy groups -OCH3 is 1. The lowest BCUT2D eigenvalue weighted by Crippen LogP contribution is -2.05. The highest BCUT2D eigenvalue weighted by Gasteiger charge is 2.17. The number of benzene rings is 1. The molecule has 100 valence electrons. The Labute approximate surface area is 123 Å². The van der Waals surface area contributed by atoms with Crippen molar-refractivity contribution in [1.82, 2.24) is 0 Å². The Morgan fingerprint density at radius 1 is 1.42 bits per heavy atom.